The first-order valence-corrected chi connectivity index (χ1v) is 12.6. The molecule has 2 amide bonds. The Bertz CT molecular complexity index is 812. The van der Waals surface area contributed by atoms with Gasteiger partial charge in [-0.15, -0.1) is 6.58 Å². The van der Waals surface area contributed by atoms with Crippen molar-refractivity contribution in [3.8, 4) is 5.75 Å². The highest BCUT2D eigenvalue weighted by atomic mass is 32.2. The Morgan fingerprint density at radius 1 is 1.06 bits per heavy atom. The zero-order valence-electron chi connectivity index (χ0n) is 20.7. The first kappa shape index (κ1) is 29.3. The Labute approximate surface area is 207 Å². The van der Waals surface area contributed by atoms with E-state index < -0.39 is 24.0 Å². The fraction of sp³-hybridized carbons (Fsp3) is 0.500. The van der Waals surface area contributed by atoms with Crippen LogP contribution in [-0.4, -0.2) is 55.1 Å². The van der Waals surface area contributed by atoms with Crippen molar-refractivity contribution in [1.82, 2.24) is 10.6 Å². The fourth-order valence-electron chi connectivity index (χ4n) is 3.16. The molecule has 0 spiro atoms. The summed E-state index contributed by atoms with van der Waals surface area (Å²) in [7, 11) is 1.29. The predicted molar refractivity (Wildman–Crippen MR) is 138 cm³/mol. The lowest BCUT2D eigenvalue weighted by molar-refractivity contribution is -0.144. The Kier molecular flexibility index (Phi) is 13.8. The van der Waals surface area contributed by atoms with Gasteiger partial charge in [0.05, 0.1) is 7.11 Å². The van der Waals surface area contributed by atoms with Crippen molar-refractivity contribution in [3.05, 3.63) is 55.1 Å². The molecule has 4 atom stereocenters. The summed E-state index contributed by atoms with van der Waals surface area (Å²) >= 11 is 1.46. The fourth-order valence-corrected chi connectivity index (χ4v) is 3.92. The van der Waals surface area contributed by atoms with E-state index in [1.54, 1.807) is 12.2 Å². The molecule has 8 heteroatoms. The maximum absolute atomic E-state index is 13.1. The highest BCUT2D eigenvalue weighted by Crippen LogP contribution is 2.17. The minimum Gasteiger partial charge on any atom is -0.490 e. The Morgan fingerprint density at radius 3 is 2.29 bits per heavy atom. The lowest BCUT2D eigenvalue weighted by atomic mass is 9.95. The molecule has 0 aromatic heterocycles. The van der Waals surface area contributed by atoms with Crippen molar-refractivity contribution in [3.63, 3.8) is 0 Å². The monoisotopic (exact) mass is 490 g/mol. The molecule has 0 aliphatic heterocycles. The van der Waals surface area contributed by atoms with Gasteiger partial charge in [0, 0.05) is 17.4 Å². The second-order valence-electron chi connectivity index (χ2n) is 8.13. The van der Waals surface area contributed by atoms with Crippen LogP contribution >= 0.6 is 11.8 Å². The van der Waals surface area contributed by atoms with Gasteiger partial charge in [-0.3, -0.25) is 9.59 Å². The van der Waals surface area contributed by atoms with Gasteiger partial charge in [-0.25, -0.2) is 4.79 Å². The molecule has 0 saturated heterocycles. The maximum atomic E-state index is 13.1. The van der Waals surface area contributed by atoms with Gasteiger partial charge in [-0.2, -0.15) is 11.8 Å². The van der Waals surface area contributed by atoms with E-state index in [0.29, 0.717) is 31.0 Å². The molecule has 7 nitrogen and oxygen atoms in total. The largest absolute Gasteiger partial charge is 0.490 e. The molecule has 1 aromatic rings. The Hall–Kier alpha value is -2.74. The summed E-state index contributed by atoms with van der Waals surface area (Å²) in [5.74, 6) is 0.142. The molecular weight excluding hydrogens is 452 g/mol. The van der Waals surface area contributed by atoms with Crippen LogP contribution in [-0.2, 0) is 25.5 Å². The zero-order valence-corrected chi connectivity index (χ0v) is 21.5. The van der Waals surface area contributed by atoms with Crippen LogP contribution in [0.1, 0.15) is 32.8 Å². The van der Waals surface area contributed by atoms with E-state index in [0.717, 1.165) is 11.3 Å². The topological polar surface area (TPSA) is 93.7 Å². The molecule has 2 N–H and O–H groups in total. The predicted octanol–water partition coefficient (Wildman–Crippen LogP) is 3.54. The summed E-state index contributed by atoms with van der Waals surface area (Å²) in [6, 6.07) is 5.99. The molecule has 0 radical (unpaired) electrons. The lowest BCUT2D eigenvalue weighted by Gasteiger charge is -2.27. The van der Waals surface area contributed by atoms with Crippen LogP contribution in [0, 0.1) is 11.8 Å². The number of ether oxygens (including phenoxy) is 2. The number of amides is 2. The third kappa shape index (κ3) is 10.0. The molecule has 0 fully saturated rings. The summed E-state index contributed by atoms with van der Waals surface area (Å²) in [6.07, 6.45) is 4.61. The van der Waals surface area contributed by atoms with Gasteiger partial charge in [0.25, 0.3) is 0 Å². The van der Waals surface area contributed by atoms with Gasteiger partial charge >= 0.3 is 5.97 Å². The molecule has 0 heterocycles. The summed E-state index contributed by atoms with van der Waals surface area (Å²) in [5, 5.41) is 5.65. The standard InChI is InChI=1S/C26H38N2O5S/c1-7-14-33-21-12-10-20(11-13-21)16-19(5)24(29)28-23(18(4)9-3)25(30)27-22(26(31)32-6)17-34-15-8-2/h7-8,10-13,18-19,22-23H,1-2,9,14-17H2,3-6H3,(H,27,30)(H,28,29)/t18?,19-,22-,23-/m0/s1. The normalized spacial score (nSPS) is 14.1. The minimum absolute atomic E-state index is 0.114. The SMILES string of the molecule is C=CCOc1ccc(C[C@H](C)C(=O)N[C@H](C(=O)N[C@@H](CSCC=C)C(=O)OC)C(C)CC)cc1. The van der Waals surface area contributed by atoms with Gasteiger partial charge in [-0.1, -0.05) is 58.1 Å². The van der Waals surface area contributed by atoms with Crippen molar-refractivity contribution < 1.29 is 23.9 Å². The molecule has 34 heavy (non-hydrogen) atoms. The van der Waals surface area contributed by atoms with Crippen LogP contribution in [0.4, 0.5) is 0 Å². The quantitative estimate of drug-likeness (QED) is 0.209. The molecule has 0 aliphatic carbocycles. The third-order valence-electron chi connectivity index (χ3n) is 5.40. The molecule has 188 valence electrons. The summed E-state index contributed by atoms with van der Waals surface area (Å²) in [4.78, 5) is 38.1. The molecule has 1 aromatic carbocycles. The first-order chi connectivity index (χ1) is 16.3. The highest BCUT2D eigenvalue weighted by Gasteiger charge is 2.31. The number of esters is 1. The van der Waals surface area contributed by atoms with Crippen LogP contribution in [0.15, 0.2) is 49.6 Å². The van der Waals surface area contributed by atoms with Crippen LogP contribution < -0.4 is 15.4 Å². The minimum atomic E-state index is -0.801. The average Bonchev–Trinajstić information content (AvgIpc) is 2.84. The maximum Gasteiger partial charge on any atom is 0.329 e. The number of nitrogens with one attached hydrogen (secondary N) is 2. The van der Waals surface area contributed by atoms with E-state index in [1.807, 2.05) is 45.0 Å². The van der Waals surface area contributed by atoms with E-state index in [-0.39, 0.29) is 17.7 Å². The number of hydrogen-bond donors (Lipinski definition) is 2. The number of benzene rings is 1. The molecule has 1 unspecified atom stereocenters. The van der Waals surface area contributed by atoms with E-state index in [2.05, 4.69) is 23.8 Å². The molecule has 0 aliphatic rings. The summed E-state index contributed by atoms with van der Waals surface area (Å²) < 4.78 is 10.3. The summed E-state index contributed by atoms with van der Waals surface area (Å²) in [5.41, 5.74) is 0.989. The average molecular weight is 491 g/mol. The third-order valence-corrected chi connectivity index (χ3v) is 6.44. The van der Waals surface area contributed by atoms with E-state index >= 15 is 0 Å². The molecule has 1 rings (SSSR count). The smallest absolute Gasteiger partial charge is 0.329 e. The number of carbonyl (C=O) groups is 3. The van der Waals surface area contributed by atoms with Gasteiger partial charge < -0.3 is 20.1 Å². The zero-order chi connectivity index (χ0) is 25.5. The van der Waals surface area contributed by atoms with E-state index in [4.69, 9.17) is 9.47 Å². The number of methoxy groups -OCH3 is 1. The molecule has 0 bridgehead atoms. The van der Waals surface area contributed by atoms with Crippen LogP contribution in [0.25, 0.3) is 0 Å². The van der Waals surface area contributed by atoms with Crippen LogP contribution in [0.2, 0.25) is 0 Å². The molecule has 0 saturated carbocycles. The van der Waals surface area contributed by atoms with Crippen molar-refractivity contribution in [2.75, 3.05) is 25.2 Å². The van der Waals surface area contributed by atoms with Crippen molar-refractivity contribution >= 4 is 29.5 Å². The van der Waals surface area contributed by atoms with Gasteiger partial charge in [0.15, 0.2) is 0 Å². The van der Waals surface area contributed by atoms with Crippen LogP contribution in [0.5, 0.6) is 5.75 Å². The van der Waals surface area contributed by atoms with Crippen molar-refractivity contribution in [1.29, 1.82) is 0 Å². The number of rotatable bonds is 16. The number of thioether (sulfide) groups is 1. The molecular formula is C26H38N2O5S. The number of hydrogen-bond acceptors (Lipinski definition) is 6. The van der Waals surface area contributed by atoms with Crippen molar-refractivity contribution in [2.24, 2.45) is 11.8 Å². The van der Waals surface area contributed by atoms with Gasteiger partial charge in [-0.05, 0) is 30.0 Å². The van der Waals surface area contributed by atoms with Gasteiger partial charge in [0.2, 0.25) is 11.8 Å². The van der Waals surface area contributed by atoms with Crippen molar-refractivity contribution in [2.45, 2.75) is 45.7 Å². The second-order valence-corrected chi connectivity index (χ2v) is 9.21. The summed E-state index contributed by atoms with van der Waals surface area (Å²) in [6.45, 7) is 13.4. The second kappa shape index (κ2) is 16.0. The Balaban J connectivity index is 2.82. The lowest BCUT2D eigenvalue weighted by Crippen LogP contribution is -2.55. The highest BCUT2D eigenvalue weighted by molar-refractivity contribution is 7.99. The van der Waals surface area contributed by atoms with E-state index in [9.17, 15) is 14.4 Å². The number of carbonyl (C=O) groups excluding carboxylic acids is 3. The van der Waals surface area contributed by atoms with E-state index in [1.165, 1.54) is 18.9 Å². The Morgan fingerprint density at radius 2 is 1.74 bits per heavy atom. The first-order valence-electron chi connectivity index (χ1n) is 11.5. The van der Waals surface area contributed by atoms with Crippen LogP contribution in [0.3, 0.4) is 0 Å². The van der Waals surface area contributed by atoms with Gasteiger partial charge in [0.1, 0.15) is 24.4 Å².